The lowest BCUT2D eigenvalue weighted by Gasteiger charge is -2.35. The van der Waals surface area contributed by atoms with Crippen LogP contribution in [-0.4, -0.2) is 43.1 Å². The standard InChI is InChI=1S/C19H29ClN2O2/c1-3-16-8-5-6-12-22(16)13-7-11-21-19(23)15-9-10-18(24-4-2)17(20)14-15/h9-10,14,16H,3-8,11-13H2,1-2H3,(H,21,23)/t16-/m1/s1. The van der Waals surface area contributed by atoms with Gasteiger partial charge in [-0.1, -0.05) is 24.9 Å². The summed E-state index contributed by atoms with van der Waals surface area (Å²) in [4.78, 5) is 14.8. The van der Waals surface area contributed by atoms with Gasteiger partial charge in [0.15, 0.2) is 0 Å². The lowest BCUT2D eigenvalue weighted by atomic mass is 10.00. The zero-order valence-corrected chi connectivity index (χ0v) is 15.6. The van der Waals surface area contributed by atoms with E-state index in [1.54, 1.807) is 18.2 Å². The van der Waals surface area contributed by atoms with Crippen LogP contribution in [0.5, 0.6) is 5.75 Å². The van der Waals surface area contributed by atoms with Gasteiger partial charge in [0, 0.05) is 24.7 Å². The number of ether oxygens (including phenoxy) is 1. The Labute approximate surface area is 150 Å². The number of amides is 1. The summed E-state index contributed by atoms with van der Waals surface area (Å²) >= 11 is 6.14. The van der Waals surface area contributed by atoms with Gasteiger partial charge in [-0.15, -0.1) is 0 Å². The molecule has 2 rings (SSSR count). The van der Waals surface area contributed by atoms with Crippen LogP contribution in [0, 0.1) is 0 Å². The predicted octanol–water partition coefficient (Wildman–Crippen LogP) is 4.12. The number of halogens is 1. The third-order valence-corrected chi connectivity index (χ3v) is 4.92. The van der Waals surface area contributed by atoms with E-state index in [0.717, 1.165) is 19.0 Å². The summed E-state index contributed by atoms with van der Waals surface area (Å²) in [6.45, 7) is 7.67. The molecule has 5 heteroatoms. The molecule has 24 heavy (non-hydrogen) atoms. The first-order chi connectivity index (χ1) is 11.7. The highest BCUT2D eigenvalue weighted by Gasteiger charge is 2.19. The fourth-order valence-corrected chi connectivity index (χ4v) is 3.55. The zero-order chi connectivity index (χ0) is 17.4. The highest BCUT2D eigenvalue weighted by atomic mass is 35.5. The van der Waals surface area contributed by atoms with Crippen molar-refractivity contribution in [2.75, 3.05) is 26.2 Å². The van der Waals surface area contributed by atoms with E-state index >= 15 is 0 Å². The molecule has 0 unspecified atom stereocenters. The number of nitrogens with one attached hydrogen (secondary N) is 1. The minimum Gasteiger partial charge on any atom is -0.492 e. The minimum atomic E-state index is -0.0781. The molecule has 1 saturated heterocycles. The maximum atomic E-state index is 12.2. The fourth-order valence-electron chi connectivity index (χ4n) is 3.32. The third-order valence-electron chi connectivity index (χ3n) is 4.62. The van der Waals surface area contributed by atoms with Crippen LogP contribution >= 0.6 is 11.6 Å². The molecule has 0 bridgehead atoms. The van der Waals surface area contributed by atoms with Crippen molar-refractivity contribution in [3.05, 3.63) is 28.8 Å². The van der Waals surface area contributed by atoms with Gasteiger partial charge < -0.3 is 15.0 Å². The van der Waals surface area contributed by atoms with Gasteiger partial charge in [0.05, 0.1) is 11.6 Å². The molecule has 0 aliphatic carbocycles. The molecule has 1 N–H and O–H groups in total. The average molecular weight is 353 g/mol. The maximum Gasteiger partial charge on any atom is 0.251 e. The average Bonchev–Trinajstić information content (AvgIpc) is 2.60. The van der Waals surface area contributed by atoms with Gasteiger partial charge in [-0.25, -0.2) is 0 Å². The Hall–Kier alpha value is -1.26. The van der Waals surface area contributed by atoms with E-state index in [-0.39, 0.29) is 5.91 Å². The van der Waals surface area contributed by atoms with E-state index in [2.05, 4.69) is 17.1 Å². The van der Waals surface area contributed by atoms with Gasteiger partial charge >= 0.3 is 0 Å². The first kappa shape index (κ1) is 19.1. The van der Waals surface area contributed by atoms with E-state index in [9.17, 15) is 4.79 Å². The van der Waals surface area contributed by atoms with Crippen molar-refractivity contribution >= 4 is 17.5 Å². The molecule has 1 aliphatic heterocycles. The number of hydrogen-bond donors (Lipinski definition) is 1. The fraction of sp³-hybridized carbons (Fsp3) is 0.632. The molecular weight excluding hydrogens is 324 g/mol. The van der Waals surface area contributed by atoms with Gasteiger partial charge in [0.25, 0.3) is 5.91 Å². The first-order valence-corrected chi connectivity index (χ1v) is 9.48. The van der Waals surface area contributed by atoms with Crippen LogP contribution < -0.4 is 10.1 Å². The monoisotopic (exact) mass is 352 g/mol. The minimum absolute atomic E-state index is 0.0781. The van der Waals surface area contributed by atoms with Crippen molar-refractivity contribution < 1.29 is 9.53 Å². The molecule has 0 saturated carbocycles. The van der Waals surface area contributed by atoms with Crippen LogP contribution in [0.4, 0.5) is 0 Å². The smallest absolute Gasteiger partial charge is 0.251 e. The number of carbonyl (C=O) groups excluding carboxylic acids is 1. The lowest BCUT2D eigenvalue weighted by Crippen LogP contribution is -2.40. The zero-order valence-electron chi connectivity index (χ0n) is 14.8. The molecule has 0 aromatic heterocycles. The van der Waals surface area contributed by atoms with Crippen molar-refractivity contribution in [2.24, 2.45) is 0 Å². The molecule has 1 aliphatic rings. The quantitative estimate of drug-likeness (QED) is 0.715. The SMILES string of the molecule is CCOc1ccc(C(=O)NCCCN2CCCC[C@H]2CC)cc1Cl. The Balaban J connectivity index is 1.75. The Kier molecular flexibility index (Phi) is 7.86. The maximum absolute atomic E-state index is 12.2. The normalized spacial score (nSPS) is 18.4. The molecular formula is C19H29ClN2O2. The predicted molar refractivity (Wildman–Crippen MR) is 99.1 cm³/mol. The van der Waals surface area contributed by atoms with E-state index < -0.39 is 0 Å². The van der Waals surface area contributed by atoms with Crippen LogP contribution in [0.1, 0.15) is 56.3 Å². The third kappa shape index (κ3) is 5.38. The van der Waals surface area contributed by atoms with Crippen molar-refractivity contribution in [1.82, 2.24) is 10.2 Å². The van der Waals surface area contributed by atoms with Crippen LogP contribution in [0.2, 0.25) is 5.02 Å². The van der Waals surface area contributed by atoms with Gasteiger partial charge in [0.1, 0.15) is 5.75 Å². The number of carbonyl (C=O) groups is 1. The number of benzene rings is 1. The molecule has 0 radical (unpaired) electrons. The largest absolute Gasteiger partial charge is 0.492 e. The Morgan fingerprint density at radius 2 is 2.21 bits per heavy atom. The molecule has 4 nitrogen and oxygen atoms in total. The van der Waals surface area contributed by atoms with Crippen LogP contribution in [0.15, 0.2) is 18.2 Å². The summed E-state index contributed by atoms with van der Waals surface area (Å²) in [5.74, 6) is 0.539. The van der Waals surface area contributed by atoms with Crippen molar-refractivity contribution in [3.63, 3.8) is 0 Å². The highest BCUT2D eigenvalue weighted by molar-refractivity contribution is 6.32. The molecule has 134 valence electrons. The van der Waals surface area contributed by atoms with Crippen LogP contribution in [0.3, 0.4) is 0 Å². The second-order valence-corrected chi connectivity index (χ2v) is 6.69. The topological polar surface area (TPSA) is 41.6 Å². The molecule has 1 fully saturated rings. The van der Waals surface area contributed by atoms with E-state index in [4.69, 9.17) is 16.3 Å². The van der Waals surface area contributed by atoms with Gasteiger partial charge in [-0.05, 0) is 57.4 Å². The van der Waals surface area contributed by atoms with Crippen molar-refractivity contribution in [2.45, 2.75) is 52.0 Å². The van der Waals surface area contributed by atoms with Gasteiger partial charge in [-0.3, -0.25) is 4.79 Å². The number of nitrogens with zero attached hydrogens (tertiary/aromatic N) is 1. The molecule has 1 atom stereocenters. The molecule has 1 aromatic carbocycles. The van der Waals surface area contributed by atoms with Gasteiger partial charge in [0.2, 0.25) is 0 Å². The number of piperidine rings is 1. The summed E-state index contributed by atoms with van der Waals surface area (Å²) in [6, 6.07) is 5.89. The number of rotatable bonds is 8. The van der Waals surface area contributed by atoms with E-state index in [0.29, 0.717) is 29.5 Å². The molecule has 0 spiro atoms. The Morgan fingerprint density at radius 1 is 1.38 bits per heavy atom. The van der Waals surface area contributed by atoms with Crippen molar-refractivity contribution in [1.29, 1.82) is 0 Å². The molecule has 1 aromatic rings. The van der Waals surface area contributed by atoms with E-state index in [1.807, 2.05) is 6.92 Å². The second kappa shape index (κ2) is 9.90. The van der Waals surface area contributed by atoms with Crippen LogP contribution in [0.25, 0.3) is 0 Å². The summed E-state index contributed by atoms with van der Waals surface area (Å²) in [5, 5.41) is 3.46. The second-order valence-electron chi connectivity index (χ2n) is 6.28. The summed E-state index contributed by atoms with van der Waals surface area (Å²) < 4.78 is 5.39. The molecule has 1 amide bonds. The Bertz CT molecular complexity index is 536. The van der Waals surface area contributed by atoms with Crippen molar-refractivity contribution in [3.8, 4) is 5.75 Å². The lowest BCUT2D eigenvalue weighted by molar-refractivity contribution is 0.0947. The first-order valence-electron chi connectivity index (χ1n) is 9.10. The Morgan fingerprint density at radius 3 is 2.92 bits per heavy atom. The summed E-state index contributed by atoms with van der Waals surface area (Å²) in [5.41, 5.74) is 0.577. The van der Waals surface area contributed by atoms with Gasteiger partial charge in [-0.2, -0.15) is 0 Å². The number of hydrogen-bond acceptors (Lipinski definition) is 3. The van der Waals surface area contributed by atoms with E-state index in [1.165, 1.54) is 32.2 Å². The number of likely N-dealkylation sites (tertiary alicyclic amines) is 1. The summed E-state index contributed by atoms with van der Waals surface area (Å²) in [7, 11) is 0. The molecule has 1 heterocycles. The highest BCUT2D eigenvalue weighted by Crippen LogP contribution is 2.25. The van der Waals surface area contributed by atoms with Crippen LogP contribution in [-0.2, 0) is 0 Å². The summed E-state index contributed by atoms with van der Waals surface area (Å²) in [6.07, 6.45) is 6.16.